The van der Waals surface area contributed by atoms with Gasteiger partial charge in [0.2, 0.25) is 5.09 Å². The Morgan fingerprint density at radius 1 is 0.967 bits per heavy atom. The predicted molar refractivity (Wildman–Crippen MR) is 112 cm³/mol. The molecule has 0 radical (unpaired) electrons. The number of amides is 1. The van der Waals surface area contributed by atoms with Crippen molar-refractivity contribution in [2.75, 3.05) is 26.7 Å². The van der Waals surface area contributed by atoms with Crippen LogP contribution >= 0.6 is 0 Å². The first kappa shape index (κ1) is 20.9. The van der Waals surface area contributed by atoms with Crippen molar-refractivity contribution in [3.8, 4) is 5.75 Å². The quantitative estimate of drug-likeness (QED) is 0.717. The maximum atomic E-state index is 13.3. The molecular weight excluding hydrogens is 404 g/mol. The van der Waals surface area contributed by atoms with E-state index in [1.54, 1.807) is 7.11 Å². The van der Waals surface area contributed by atoms with E-state index in [1.807, 2.05) is 29.2 Å². The smallest absolute Gasteiger partial charge is 0.290 e. The average molecular weight is 433 g/mol. The Hall–Kier alpha value is -2.32. The summed E-state index contributed by atoms with van der Waals surface area (Å²) >= 11 is 0. The lowest BCUT2D eigenvalue weighted by Gasteiger charge is -2.30. The van der Waals surface area contributed by atoms with Gasteiger partial charge in [0.15, 0.2) is 5.76 Å². The highest BCUT2D eigenvalue weighted by molar-refractivity contribution is 7.89. The van der Waals surface area contributed by atoms with Crippen molar-refractivity contribution in [2.24, 2.45) is 0 Å². The third-order valence-electron chi connectivity index (χ3n) is 5.97. The Morgan fingerprint density at radius 3 is 2.37 bits per heavy atom. The predicted octanol–water partition coefficient (Wildman–Crippen LogP) is 3.83. The molecule has 1 atom stereocenters. The van der Waals surface area contributed by atoms with Crippen molar-refractivity contribution in [2.45, 2.75) is 49.7 Å². The van der Waals surface area contributed by atoms with E-state index in [4.69, 9.17) is 9.15 Å². The Balaban J connectivity index is 1.59. The second kappa shape index (κ2) is 8.81. The number of hydrogen-bond acceptors (Lipinski definition) is 5. The van der Waals surface area contributed by atoms with E-state index < -0.39 is 10.0 Å². The van der Waals surface area contributed by atoms with Crippen LogP contribution in [0.15, 0.2) is 45.9 Å². The van der Waals surface area contributed by atoms with Crippen molar-refractivity contribution in [1.82, 2.24) is 9.21 Å². The van der Waals surface area contributed by atoms with Gasteiger partial charge >= 0.3 is 0 Å². The molecule has 2 aliphatic heterocycles. The van der Waals surface area contributed by atoms with E-state index in [9.17, 15) is 13.2 Å². The van der Waals surface area contributed by atoms with Crippen LogP contribution in [-0.4, -0.2) is 50.3 Å². The van der Waals surface area contributed by atoms with Gasteiger partial charge in [0.05, 0.1) is 13.2 Å². The number of methoxy groups -OCH3 is 1. The van der Waals surface area contributed by atoms with Gasteiger partial charge in [-0.3, -0.25) is 4.79 Å². The van der Waals surface area contributed by atoms with Crippen LogP contribution in [0.25, 0.3) is 0 Å². The number of carbonyl (C=O) groups excluding carboxylic acids is 1. The first-order chi connectivity index (χ1) is 14.5. The Labute approximate surface area is 177 Å². The minimum absolute atomic E-state index is 0.0744. The van der Waals surface area contributed by atoms with Crippen LogP contribution in [0.4, 0.5) is 0 Å². The van der Waals surface area contributed by atoms with Crippen LogP contribution in [0.1, 0.15) is 60.7 Å². The Bertz CT molecular complexity index is 977. The van der Waals surface area contributed by atoms with E-state index in [-0.39, 0.29) is 22.8 Å². The van der Waals surface area contributed by atoms with E-state index >= 15 is 0 Å². The molecule has 0 bridgehead atoms. The lowest BCUT2D eigenvalue weighted by Crippen LogP contribution is -2.34. The van der Waals surface area contributed by atoms with Crippen molar-refractivity contribution in [3.05, 3.63) is 47.7 Å². The number of hydrogen-bond donors (Lipinski definition) is 0. The average Bonchev–Trinajstić information content (AvgIpc) is 3.42. The van der Waals surface area contributed by atoms with Gasteiger partial charge in [0.25, 0.3) is 15.9 Å². The third-order valence-corrected chi connectivity index (χ3v) is 7.74. The van der Waals surface area contributed by atoms with Crippen molar-refractivity contribution in [3.63, 3.8) is 0 Å². The zero-order valence-electron chi connectivity index (χ0n) is 17.2. The van der Waals surface area contributed by atoms with Gasteiger partial charge in [-0.1, -0.05) is 25.0 Å². The summed E-state index contributed by atoms with van der Waals surface area (Å²) in [6, 6.07) is 10.6. The van der Waals surface area contributed by atoms with E-state index in [0.717, 1.165) is 49.8 Å². The molecule has 0 saturated carbocycles. The zero-order valence-corrected chi connectivity index (χ0v) is 18.1. The SMILES string of the molecule is COc1ccc(C2CCCCCN2C(=O)c2ccc(S(=O)(=O)N3CCCC3)o2)cc1. The summed E-state index contributed by atoms with van der Waals surface area (Å²) in [5, 5.41) is -0.149. The van der Waals surface area contributed by atoms with Crippen LogP contribution in [0.2, 0.25) is 0 Å². The monoisotopic (exact) mass is 432 g/mol. The second-order valence-electron chi connectivity index (χ2n) is 7.87. The molecule has 7 nitrogen and oxygen atoms in total. The summed E-state index contributed by atoms with van der Waals surface area (Å²) in [6.07, 6.45) is 5.57. The molecule has 30 heavy (non-hydrogen) atoms. The number of furan rings is 1. The maximum Gasteiger partial charge on any atom is 0.290 e. The summed E-state index contributed by atoms with van der Waals surface area (Å²) in [5.74, 6) is 0.585. The standard InChI is InChI=1S/C22H28N2O5S/c1-28-18-10-8-17(9-11-18)19-7-3-2-4-16-24(19)22(25)20-12-13-21(29-20)30(26,27)23-14-5-6-15-23/h8-13,19H,2-7,14-16H2,1H3. The molecule has 0 N–H and O–H groups in total. The van der Waals surface area contributed by atoms with Gasteiger partial charge in [0, 0.05) is 19.6 Å². The molecule has 0 aliphatic carbocycles. The lowest BCUT2D eigenvalue weighted by molar-refractivity contribution is 0.0642. The first-order valence-corrected chi connectivity index (χ1v) is 12.0. The number of carbonyl (C=O) groups is 1. The first-order valence-electron chi connectivity index (χ1n) is 10.6. The summed E-state index contributed by atoms with van der Waals surface area (Å²) in [5.41, 5.74) is 1.04. The second-order valence-corrected chi connectivity index (χ2v) is 9.74. The molecule has 0 spiro atoms. The molecule has 1 aromatic carbocycles. The minimum Gasteiger partial charge on any atom is -0.497 e. The van der Waals surface area contributed by atoms with Crippen molar-refractivity contribution < 1.29 is 22.4 Å². The summed E-state index contributed by atoms with van der Waals surface area (Å²) in [4.78, 5) is 15.1. The van der Waals surface area contributed by atoms with Crippen molar-refractivity contribution in [1.29, 1.82) is 0 Å². The molecule has 2 saturated heterocycles. The van der Waals surface area contributed by atoms with Crippen molar-refractivity contribution >= 4 is 15.9 Å². The minimum atomic E-state index is -3.68. The van der Waals surface area contributed by atoms with E-state index in [2.05, 4.69) is 0 Å². The summed E-state index contributed by atoms with van der Waals surface area (Å²) in [6.45, 7) is 1.61. The Kier molecular flexibility index (Phi) is 6.15. The van der Waals surface area contributed by atoms with E-state index in [0.29, 0.717) is 19.6 Å². The fourth-order valence-electron chi connectivity index (χ4n) is 4.30. The van der Waals surface area contributed by atoms with Crippen LogP contribution in [-0.2, 0) is 10.0 Å². The topological polar surface area (TPSA) is 80.1 Å². The number of ether oxygens (including phenoxy) is 1. The molecule has 2 aromatic rings. The van der Waals surface area contributed by atoms with Crippen LogP contribution in [0.3, 0.4) is 0 Å². The molecular formula is C22H28N2O5S. The molecule has 8 heteroatoms. The number of sulfonamides is 1. The van der Waals surface area contributed by atoms with Crippen LogP contribution in [0, 0.1) is 0 Å². The number of benzene rings is 1. The largest absolute Gasteiger partial charge is 0.497 e. The summed E-state index contributed by atoms with van der Waals surface area (Å²) < 4.78 is 37.8. The van der Waals surface area contributed by atoms with Gasteiger partial charge in [-0.2, -0.15) is 4.31 Å². The highest BCUT2D eigenvalue weighted by Crippen LogP contribution is 2.33. The molecule has 4 rings (SSSR count). The van der Waals surface area contributed by atoms with Gasteiger partial charge < -0.3 is 14.1 Å². The zero-order chi connectivity index (χ0) is 21.1. The highest BCUT2D eigenvalue weighted by Gasteiger charge is 2.33. The molecule has 2 aliphatic rings. The van der Waals surface area contributed by atoms with Crippen LogP contribution in [0.5, 0.6) is 5.75 Å². The number of rotatable bonds is 5. The molecule has 2 fully saturated rings. The van der Waals surface area contributed by atoms with Crippen LogP contribution < -0.4 is 4.74 Å². The third kappa shape index (κ3) is 4.11. The van der Waals surface area contributed by atoms with Gasteiger partial charge in [-0.25, -0.2) is 8.42 Å². The van der Waals surface area contributed by atoms with Gasteiger partial charge in [-0.15, -0.1) is 0 Å². The highest BCUT2D eigenvalue weighted by atomic mass is 32.2. The fourth-order valence-corrected chi connectivity index (χ4v) is 5.72. The Morgan fingerprint density at radius 2 is 1.67 bits per heavy atom. The van der Waals surface area contributed by atoms with Gasteiger partial charge in [-0.05, 0) is 55.5 Å². The molecule has 3 heterocycles. The summed E-state index contributed by atoms with van der Waals surface area (Å²) in [7, 11) is -2.05. The van der Waals surface area contributed by atoms with E-state index in [1.165, 1.54) is 16.4 Å². The fraction of sp³-hybridized carbons (Fsp3) is 0.500. The number of nitrogens with zero attached hydrogens (tertiary/aromatic N) is 2. The lowest BCUT2D eigenvalue weighted by atomic mass is 10.0. The molecule has 1 amide bonds. The molecule has 1 aromatic heterocycles. The molecule has 162 valence electrons. The maximum absolute atomic E-state index is 13.3. The van der Waals surface area contributed by atoms with Gasteiger partial charge in [0.1, 0.15) is 5.75 Å². The number of likely N-dealkylation sites (tertiary alicyclic amines) is 1. The normalized spacial score (nSPS) is 20.8. The molecule has 1 unspecified atom stereocenters.